The lowest BCUT2D eigenvalue weighted by atomic mass is 10.0. The third-order valence-electron chi connectivity index (χ3n) is 2.54. The van der Waals surface area contributed by atoms with E-state index in [9.17, 15) is 4.79 Å². The molecular formula is C12H10BrClN2O. The van der Waals surface area contributed by atoms with E-state index in [1.807, 2.05) is 19.1 Å². The van der Waals surface area contributed by atoms with E-state index in [1.54, 1.807) is 13.1 Å². The molecule has 0 aliphatic rings. The normalized spacial score (nSPS) is 10.6. The van der Waals surface area contributed by atoms with Crippen molar-refractivity contribution >= 4 is 33.3 Å². The van der Waals surface area contributed by atoms with Crippen LogP contribution in [0.3, 0.4) is 0 Å². The fourth-order valence-electron chi connectivity index (χ4n) is 1.68. The van der Waals surface area contributed by atoms with Crippen molar-refractivity contribution in [1.29, 1.82) is 0 Å². The number of rotatable bonds is 2. The van der Waals surface area contributed by atoms with E-state index in [4.69, 9.17) is 11.6 Å². The molecule has 0 aliphatic heterocycles. The summed E-state index contributed by atoms with van der Waals surface area (Å²) in [5, 5.41) is 4.34. The minimum Gasteiger partial charge on any atom is -0.287 e. The second-order valence-corrected chi connectivity index (χ2v) is 5.08. The Bertz CT molecular complexity index is 573. The molecular weight excluding hydrogens is 304 g/mol. The first kappa shape index (κ1) is 12.3. The lowest BCUT2D eigenvalue weighted by Crippen LogP contribution is -2.10. The Kier molecular flexibility index (Phi) is 3.35. The van der Waals surface area contributed by atoms with Gasteiger partial charge in [0.2, 0.25) is 5.78 Å². The highest BCUT2D eigenvalue weighted by Gasteiger charge is 2.19. The summed E-state index contributed by atoms with van der Waals surface area (Å²) in [6.45, 7) is 1.89. The van der Waals surface area contributed by atoms with Crippen molar-refractivity contribution in [3.05, 3.63) is 50.7 Å². The van der Waals surface area contributed by atoms with Crippen LogP contribution in [0.15, 0.2) is 28.9 Å². The van der Waals surface area contributed by atoms with Crippen LogP contribution in [0.5, 0.6) is 0 Å². The second-order valence-electron chi connectivity index (χ2n) is 3.75. The van der Waals surface area contributed by atoms with Crippen LogP contribution in [0.1, 0.15) is 21.6 Å². The molecule has 88 valence electrons. The van der Waals surface area contributed by atoms with Gasteiger partial charge in [0.15, 0.2) is 0 Å². The Hall–Kier alpha value is -1.13. The van der Waals surface area contributed by atoms with Crippen LogP contribution in [0.2, 0.25) is 5.02 Å². The summed E-state index contributed by atoms with van der Waals surface area (Å²) in [7, 11) is 1.70. The summed E-state index contributed by atoms with van der Waals surface area (Å²) < 4.78 is 2.44. The third-order valence-corrected chi connectivity index (χ3v) is 3.31. The van der Waals surface area contributed by atoms with Crippen molar-refractivity contribution in [2.45, 2.75) is 6.92 Å². The Morgan fingerprint density at radius 1 is 1.47 bits per heavy atom. The van der Waals surface area contributed by atoms with Gasteiger partial charge in [-0.2, -0.15) is 5.10 Å². The average Bonchev–Trinajstić information content (AvgIpc) is 2.58. The molecule has 0 saturated carbocycles. The summed E-state index contributed by atoms with van der Waals surface area (Å²) >= 11 is 9.33. The van der Waals surface area contributed by atoms with E-state index < -0.39 is 0 Å². The second kappa shape index (κ2) is 4.63. The van der Waals surface area contributed by atoms with Gasteiger partial charge in [0.1, 0.15) is 5.69 Å². The lowest BCUT2D eigenvalue weighted by Gasteiger charge is -2.06. The van der Waals surface area contributed by atoms with E-state index >= 15 is 0 Å². The Morgan fingerprint density at radius 3 is 2.71 bits per heavy atom. The van der Waals surface area contributed by atoms with Crippen LogP contribution >= 0.6 is 27.5 Å². The smallest absolute Gasteiger partial charge is 0.212 e. The van der Waals surface area contributed by atoms with Crippen LogP contribution in [0, 0.1) is 6.92 Å². The van der Waals surface area contributed by atoms with Crippen molar-refractivity contribution in [2.24, 2.45) is 7.05 Å². The SMILES string of the molecule is Cc1cc(Br)ccc1C(=O)c1c(Cl)cnn1C. The molecule has 2 rings (SSSR count). The van der Waals surface area contributed by atoms with Gasteiger partial charge in [-0.05, 0) is 30.7 Å². The summed E-state index contributed by atoms with van der Waals surface area (Å²) in [5.41, 5.74) is 1.96. The number of aromatic nitrogens is 2. The molecule has 17 heavy (non-hydrogen) atoms. The standard InChI is InChI=1S/C12H10BrClN2O/c1-7-5-8(13)3-4-9(7)12(17)11-10(14)6-15-16(11)2/h3-6H,1-2H3. The predicted octanol–water partition coefficient (Wildman–Crippen LogP) is 3.38. The van der Waals surface area contributed by atoms with E-state index in [0.29, 0.717) is 16.3 Å². The number of aryl methyl sites for hydroxylation is 2. The van der Waals surface area contributed by atoms with Gasteiger partial charge < -0.3 is 0 Å². The third kappa shape index (κ3) is 2.28. The van der Waals surface area contributed by atoms with Gasteiger partial charge >= 0.3 is 0 Å². The Morgan fingerprint density at radius 2 is 2.18 bits per heavy atom. The van der Waals surface area contributed by atoms with Crippen LogP contribution in [-0.2, 0) is 7.05 Å². The van der Waals surface area contributed by atoms with E-state index in [0.717, 1.165) is 10.0 Å². The van der Waals surface area contributed by atoms with Crippen LogP contribution in [-0.4, -0.2) is 15.6 Å². The fraction of sp³-hybridized carbons (Fsp3) is 0.167. The summed E-state index contributed by atoms with van der Waals surface area (Å²) in [6.07, 6.45) is 1.48. The van der Waals surface area contributed by atoms with Crippen molar-refractivity contribution in [3.63, 3.8) is 0 Å². The van der Waals surface area contributed by atoms with Gasteiger partial charge in [-0.3, -0.25) is 9.48 Å². The molecule has 0 amide bonds. The van der Waals surface area contributed by atoms with E-state index in [2.05, 4.69) is 21.0 Å². The number of hydrogen-bond donors (Lipinski definition) is 0. The number of ketones is 1. The maximum absolute atomic E-state index is 12.3. The number of carbonyl (C=O) groups excluding carboxylic acids is 1. The lowest BCUT2D eigenvalue weighted by molar-refractivity contribution is 0.103. The topological polar surface area (TPSA) is 34.9 Å². The molecule has 1 aromatic heterocycles. The monoisotopic (exact) mass is 312 g/mol. The van der Waals surface area contributed by atoms with Crippen LogP contribution in [0.25, 0.3) is 0 Å². The molecule has 0 unspecified atom stereocenters. The zero-order valence-electron chi connectivity index (χ0n) is 9.37. The molecule has 0 spiro atoms. The van der Waals surface area contributed by atoms with Crippen LogP contribution < -0.4 is 0 Å². The number of benzene rings is 1. The molecule has 0 radical (unpaired) electrons. The van der Waals surface area contributed by atoms with E-state index in [-0.39, 0.29) is 5.78 Å². The average molecular weight is 314 g/mol. The highest BCUT2D eigenvalue weighted by molar-refractivity contribution is 9.10. The highest BCUT2D eigenvalue weighted by Crippen LogP contribution is 2.22. The largest absolute Gasteiger partial charge is 0.287 e. The van der Waals surface area contributed by atoms with Gasteiger partial charge in [-0.1, -0.05) is 27.5 Å². The quantitative estimate of drug-likeness (QED) is 0.797. The van der Waals surface area contributed by atoms with Gasteiger partial charge in [0, 0.05) is 17.1 Å². The molecule has 3 nitrogen and oxygen atoms in total. The fourth-order valence-corrected chi connectivity index (χ4v) is 2.40. The van der Waals surface area contributed by atoms with Crippen molar-refractivity contribution in [2.75, 3.05) is 0 Å². The highest BCUT2D eigenvalue weighted by atomic mass is 79.9. The Labute approximate surface area is 113 Å². The molecule has 0 aliphatic carbocycles. The summed E-state index contributed by atoms with van der Waals surface area (Å²) in [4.78, 5) is 12.3. The first-order valence-electron chi connectivity index (χ1n) is 4.99. The molecule has 0 atom stereocenters. The number of carbonyl (C=O) groups is 1. The zero-order chi connectivity index (χ0) is 12.6. The van der Waals surface area contributed by atoms with Crippen molar-refractivity contribution in [1.82, 2.24) is 9.78 Å². The van der Waals surface area contributed by atoms with Crippen molar-refractivity contribution < 1.29 is 4.79 Å². The van der Waals surface area contributed by atoms with Gasteiger partial charge in [0.25, 0.3) is 0 Å². The van der Waals surface area contributed by atoms with E-state index in [1.165, 1.54) is 10.9 Å². The minimum atomic E-state index is -0.111. The molecule has 0 fully saturated rings. The molecule has 1 aromatic carbocycles. The zero-order valence-corrected chi connectivity index (χ0v) is 11.7. The van der Waals surface area contributed by atoms with Gasteiger partial charge in [-0.15, -0.1) is 0 Å². The summed E-state index contributed by atoms with van der Waals surface area (Å²) in [5.74, 6) is -0.111. The van der Waals surface area contributed by atoms with Crippen LogP contribution in [0.4, 0.5) is 0 Å². The number of hydrogen-bond acceptors (Lipinski definition) is 2. The minimum absolute atomic E-state index is 0.111. The Balaban J connectivity index is 2.51. The molecule has 0 bridgehead atoms. The first-order valence-corrected chi connectivity index (χ1v) is 6.16. The predicted molar refractivity (Wildman–Crippen MR) is 70.5 cm³/mol. The molecule has 0 saturated heterocycles. The molecule has 5 heteroatoms. The number of halogens is 2. The van der Waals surface area contributed by atoms with Gasteiger partial charge in [-0.25, -0.2) is 0 Å². The van der Waals surface area contributed by atoms with Crippen molar-refractivity contribution in [3.8, 4) is 0 Å². The van der Waals surface area contributed by atoms with Gasteiger partial charge in [0.05, 0.1) is 11.2 Å². The molecule has 0 N–H and O–H groups in total. The maximum Gasteiger partial charge on any atom is 0.212 e. The summed E-state index contributed by atoms with van der Waals surface area (Å²) in [6, 6.07) is 5.52. The first-order chi connectivity index (χ1) is 8.00. The number of nitrogens with zero attached hydrogens (tertiary/aromatic N) is 2. The molecule has 1 heterocycles. The maximum atomic E-state index is 12.3. The molecule has 2 aromatic rings.